The highest BCUT2D eigenvalue weighted by Gasteiger charge is 2.68. The quantitative estimate of drug-likeness (QED) is 0.412. The van der Waals surface area contributed by atoms with E-state index in [-0.39, 0.29) is 29.3 Å². The van der Waals surface area contributed by atoms with Crippen LogP contribution in [-0.4, -0.2) is 53.9 Å². The van der Waals surface area contributed by atoms with E-state index in [2.05, 4.69) is 4.74 Å². The van der Waals surface area contributed by atoms with E-state index in [1.807, 2.05) is 0 Å². The maximum absolute atomic E-state index is 14.3. The van der Waals surface area contributed by atoms with Gasteiger partial charge in [-0.1, -0.05) is 29.3 Å². The SMILES string of the molecule is COC(=O)N1C(=O)C2CC=C3C(CC4C(=O)N(c5ccc(F)c(Cl)c5)C(=O)C4(C)C3c3ccc(OC)cc3O)C2C1=O. The number of methoxy groups -OCH3 is 2. The second-order valence-electron chi connectivity index (χ2n) is 11.2. The van der Waals surface area contributed by atoms with Crippen LogP contribution in [0.5, 0.6) is 11.5 Å². The highest BCUT2D eigenvalue weighted by Crippen LogP contribution is 2.64. The molecule has 2 saturated heterocycles. The molecule has 6 atom stereocenters. The van der Waals surface area contributed by atoms with Gasteiger partial charge in [-0.15, -0.1) is 0 Å². The maximum Gasteiger partial charge on any atom is 0.423 e. The van der Waals surface area contributed by atoms with E-state index in [1.54, 1.807) is 25.1 Å². The Kier molecular flexibility index (Phi) is 6.41. The van der Waals surface area contributed by atoms with Crippen molar-refractivity contribution in [2.45, 2.75) is 25.7 Å². The van der Waals surface area contributed by atoms with E-state index in [9.17, 15) is 33.5 Å². The Balaban J connectivity index is 1.53. The smallest absolute Gasteiger partial charge is 0.423 e. The molecule has 3 fully saturated rings. The molecular weight excluding hydrogens is 571 g/mol. The first-order valence-electron chi connectivity index (χ1n) is 13.3. The van der Waals surface area contributed by atoms with Crippen LogP contribution >= 0.6 is 11.6 Å². The van der Waals surface area contributed by atoms with Crippen LogP contribution in [0.2, 0.25) is 5.02 Å². The molecule has 2 aromatic rings. The zero-order valence-electron chi connectivity index (χ0n) is 22.8. The molecule has 1 saturated carbocycles. The van der Waals surface area contributed by atoms with Gasteiger partial charge >= 0.3 is 6.09 Å². The first-order chi connectivity index (χ1) is 19.9. The normalized spacial score (nSPS) is 30.1. The third-order valence-corrected chi connectivity index (χ3v) is 9.63. The molecular formula is C30H26ClFN2O8. The molecule has 4 aliphatic rings. The zero-order chi connectivity index (χ0) is 30.2. The molecule has 1 N–H and O–H groups in total. The van der Waals surface area contributed by atoms with Gasteiger partial charge in [0, 0.05) is 17.5 Å². The summed E-state index contributed by atoms with van der Waals surface area (Å²) in [5.41, 5.74) is -0.404. The maximum atomic E-state index is 14.3. The van der Waals surface area contributed by atoms with Crippen LogP contribution in [0, 0.1) is 34.9 Å². The summed E-state index contributed by atoms with van der Waals surface area (Å²) in [4.78, 5) is 69.0. The number of carbonyl (C=O) groups is 5. The van der Waals surface area contributed by atoms with Gasteiger partial charge in [0.05, 0.1) is 48.1 Å². The molecule has 42 heavy (non-hydrogen) atoms. The van der Waals surface area contributed by atoms with Crippen molar-refractivity contribution in [3.05, 3.63) is 64.5 Å². The Morgan fingerprint density at radius 1 is 1.05 bits per heavy atom. The van der Waals surface area contributed by atoms with E-state index >= 15 is 0 Å². The Hall–Kier alpha value is -4.25. The number of amides is 5. The molecule has 5 amide bonds. The number of allylic oxidation sites excluding steroid dienone is 2. The van der Waals surface area contributed by atoms with Gasteiger partial charge in [0.2, 0.25) is 23.6 Å². The highest BCUT2D eigenvalue weighted by atomic mass is 35.5. The number of nitrogens with zero attached hydrogens (tertiary/aromatic N) is 2. The van der Waals surface area contributed by atoms with Crippen LogP contribution in [0.1, 0.15) is 31.2 Å². The fourth-order valence-electron chi connectivity index (χ4n) is 7.40. The predicted molar refractivity (Wildman–Crippen MR) is 145 cm³/mol. The summed E-state index contributed by atoms with van der Waals surface area (Å²) in [7, 11) is 2.51. The number of likely N-dealkylation sites (tertiary alicyclic amines) is 1. The topological polar surface area (TPSA) is 131 Å². The fourth-order valence-corrected chi connectivity index (χ4v) is 7.57. The molecule has 6 unspecified atom stereocenters. The minimum absolute atomic E-state index is 0.0287. The van der Waals surface area contributed by atoms with Crippen LogP contribution in [-0.2, 0) is 23.9 Å². The van der Waals surface area contributed by atoms with Gasteiger partial charge in [-0.2, -0.15) is 4.90 Å². The van der Waals surface area contributed by atoms with Crippen LogP contribution in [0.25, 0.3) is 0 Å². The predicted octanol–water partition coefficient (Wildman–Crippen LogP) is 4.19. The molecule has 0 radical (unpaired) electrons. The van der Waals surface area contributed by atoms with Gasteiger partial charge in [0.1, 0.15) is 17.3 Å². The van der Waals surface area contributed by atoms with Crippen molar-refractivity contribution in [2.24, 2.45) is 29.1 Å². The Morgan fingerprint density at radius 2 is 1.79 bits per heavy atom. The molecule has 218 valence electrons. The highest BCUT2D eigenvalue weighted by molar-refractivity contribution is 6.31. The van der Waals surface area contributed by atoms with Crippen LogP contribution in [0.4, 0.5) is 14.9 Å². The van der Waals surface area contributed by atoms with Crippen molar-refractivity contribution in [3.8, 4) is 11.5 Å². The number of rotatable bonds is 3. The number of fused-ring (bicyclic) bond motifs is 4. The second kappa shape index (κ2) is 9.65. The molecule has 12 heteroatoms. The zero-order valence-corrected chi connectivity index (χ0v) is 23.6. The lowest BCUT2D eigenvalue weighted by atomic mass is 9.51. The molecule has 0 spiro atoms. The number of halogens is 2. The van der Waals surface area contributed by atoms with Gasteiger partial charge in [0.25, 0.3) is 0 Å². The minimum Gasteiger partial charge on any atom is -0.508 e. The largest absolute Gasteiger partial charge is 0.508 e. The number of anilines is 1. The lowest BCUT2D eigenvalue weighted by Crippen LogP contribution is -2.49. The first kappa shape index (κ1) is 27.9. The summed E-state index contributed by atoms with van der Waals surface area (Å²) >= 11 is 6.00. The molecule has 2 aliphatic heterocycles. The standard InChI is InChI=1S/C30H26ClFN2O8/c1-30-19(26(37)33(28(30)39)13-4-9-21(32)20(31)10-13)12-18-15(24(30)16-6-5-14(41-2)11-22(16)35)7-8-17-23(18)27(38)34(25(17)36)29(40)42-3/h4-7,9-11,17-19,23-24,35H,8,12H2,1-3H3. The first-order valence-corrected chi connectivity index (χ1v) is 13.7. The molecule has 6 rings (SSSR count). The minimum atomic E-state index is -1.44. The van der Waals surface area contributed by atoms with Crippen molar-refractivity contribution < 1.29 is 42.9 Å². The molecule has 0 aromatic heterocycles. The van der Waals surface area contributed by atoms with Crippen molar-refractivity contribution in [1.29, 1.82) is 0 Å². The van der Waals surface area contributed by atoms with E-state index in [0.717, 1.165) is 18.1 Å². The molecule has 2 aliphatic carbocycles. The average molecular weight is 597 g/mol. The van der Waals surface area contributed by atoms with E-state index in [1.165, 1.54) is 25.3 Å². The average Bonchev–Trinajstić information content (AvgIpc) is 3.34. The number of hydrogen-bond acceptors (Lipinski definition) is 8. The van der Waals surface area contributed by atoms with Crippen molar-refractivity contribution in [1.82, 2.24) is 4.90 Å². The number of hydrogen-bond donors (Lipinski definition) is 1. The summed E-state index contributed by atoms with van der Waals surface area (Å²) in [5.74, 6) is -7.50. The number of imide groups is 4. The molecule has 0 bridgehead atoms. The van der Waals surface area contributed by atoms with Crippen molar-refractivity contribution >= 4 is 47.0 Å². The van der Waals surface area contributed by atoms with Crippen LogP contribution < -0.4 is 9.64 Å². The van der Waals surface area contributed by atoms with E-state index in [4.69, 9.17) is 16.3 Å². The van der Waals surface area contributed by atoms with Gasteiger partial charge in [0.15, 0.2) is 0 Å². The van der Waals surface area contributed by atoms with E-state index in [0.29, 0.717) is 21.8 Å². The Morgan fingerprint density at radius 3 is 2.43 bits per heavy atom. The summed E-state index contributed by atoms with van der Waals surface area (Å²) in [6.45, 7) is 1.64. The third kappa shape index (κ3) is 3.65. The monoisotopic (exact) mass is 596 g/mol. The summed E-state index contributed by atoms with van der Waals surface area (Å²) in [5, 5.41) is 10.9. The van der Waals surface area contributed by atoms with Gasteiger partial charge in [-0.05, 0) is 49.9 Å². The third-order valence-electron chi connectivity index (χ3n) is 9.34. The summed E-state index contributed by atoms with van der Waals surface area (Å²) in [6.07, 6.45) is 0.837. The summed E-state index contributed by atoms with van der Waals surface area (Å²) < 4.78 is 23.9. The second-order valence-corrected chi connectivity index (χ2v) is 11.6. The lowest BCUT2D eigenvalue weighted by molar-refractivity contribution is -0.138. The lowest BCUT2D eigenvalue weighted by Gasteiger charge is -2.49. The van der Waals surface area contributed by atoms with Gasteiger partial charge < -0.3 is 14.6 Å². The van der Waals surface area contributed by atoms with Crippen LogP contribution in [0.15, 0.2) is 48.0 Å². The molecule has 10 nitrogen and oxygen atoms in total. The number of carbonyl (C=O) groups excluding carboxylic acids is 5. The number of phenols is 1. The Bertz CT molecular complexity index is 1620. The van der Waals surface area contributed by atoms with Gasteiger partial charge in [-0.3, -0.25) is 19.2 Å². The van der Waals surface area contributed by atoms with Crippen molar-refractivity contribution in [3.63, 3.8) is 0 Å². The van der Waals surface area contributed by atoms with Crippen LogP contribution in [0.3, 0.4) is 0 Å². The summed E-state index contributed by atoms with van der Waals surface area (Å²) in [6, 6.07) is 8.16. The molecule has 2 heterocycles. The fraction of sp³-hybridized carbons (Fsp3) is 0.367. The van der Waals surface area contributed by atoms with Gasteiger partial charge in [-0.25, -0.2) is 14.1 Å². The molecule has 2 aromatic carbocycles. The number of phenolic OH excluding ortho intramolecular Hbond substituents is 1. The van der Waals surface area contributed by atoms with E-state index < -0.39 is 70.5 Å². The number of benzene rings is 2. The Labute approximate surface area is 244 Å². The van der Waals surface area contributed by atoms with Crippen molar-refractivity contribution in [2.75, 3.05) is 19.1 Å². The number of aromatic hydroxyl groups is 1. The number of ether oxygens (including phenoxy) is 2.